The predicted molar refractivity (Wildman–Crippen MR) is 65.8 cm³/mol. The molecule has 0 saturated heterocycles. The summed E-state index contributed by atoms with van der Waals surface area (Å²) >= 11 is 0. The fourth-order valence-corrected chi connectivity index (χ4v) is 3.74. The predicted octanol–water partition coefficient (Wildman–Crippen LogP) is 1.94. The van der Waals surface area contributed by atoms with Gasteiger partial charge in [0.15, 0.2) is 0 Å². The smallest absolute Gasteiger partial charge is 0.244 e. The van der Waals surface area contributed by atoms with Gasteiger partial charge in [-0.25, -0.2) is 9.34 Å². The van der Waals surface area contributed by atoms with Crippen molar-refractivity contribution >= 4 is 12.7 Å². The van der Waals surface area contributed by atoms with Crippen LogP contribution in [0.3, 0.4) is 0 Å². The first-order valence-corrected chi connectivity index (χ1v) is 6.53. The van der Waals surface area contributed by atoms with Crippen LogP contribution in [-0.2, 0) is 4.57 Å². The fourth-order valence-electron chi connectivity index (χ4n) is 1.56. The second-order valence-corrected chi connectivity index (χ2v) is 7.28. The second kappa shape index (κ2) is 4.48. The van der Waals surface area contributed by atoms with Gasteiger partial charge in [-0.15, -0.1) is 0 Å². The quantitative estimate of drug-likeness (QED) is 0.736. The van der Waals surface area contributed by atoms with Gasteiger partial charge in [0.2, 0.25) is 7.44 Å². The van der Waals surface area contributed by atoms with Gasteiger partial charge in [0.25, 0.3) is 0 Å². The maximum absolute atomic E-state index is 12.8. The van der Waals surface area contributed by atoms with Crippen LogP contribution in [0.5, 0.6) is 0 Å². The Morgan fingerprint density at radius 3 is 1.67 bits per heavy atom. The summed E-state index contributed by atoms with van der Waals surface area (Å²) in [6.07, 6.45) is 0. The summed E-state index contributed by atoms with van der Waals surface area (Å²) in [5.41, 5.74) is 1.18. The van der Waals surface area contributed by atoms with Gasteiger partial charge in [-0.05, 0) is 47.2 Å². The van der Waals surface area contributed by atoms with Crippen LogP contribution < -0.4 is 5.30 Å². The minimum absolute atomic E-state index is 0.878. The molecule has 0 atom stereocenters. The van der Waals surface area contributed by atoms with Gasteiger partial charge in [0.05, 0.1) is 0 Å². The van der Waals surface area contributed by atoms with E-state index in [1.165, 1.54) is 5.56 Å². The van der Waals surface area contributed by atoms with E-state index in [0.717, 1.165) is 5.30 Å². The molecule has 3 nitrogen and oxygen atoms in total. The lowest BCUT2D eigenvalue weighted by molar-refractivity contribution is 0.460. The van der Waals surface area contributed by atoms with E-state index in [0.29, 0.717) is 0 Å². The molecular weight excluding hydrogens is 207 g/mol. The summed E-state index contributed by atoms with van der Waals surface area (Å²) in [5.74, 6) is 0. The molecule has 0 aliphatic carbocycles. The van der Waals surface area contributed by atoms with E-state index in [9.17, 15) is 4.57 Å². The number of benzene rings is 1. The molecule has 4 heteroatoms. The topological polar surface area (TPSA) is 23.6 Å². The third-order valence-electron chi connectivity index (χ3n) is 2.45. The molecule has 1 aromatic rings. The summed E-state index contributed by atoms with van der Waals surface area (Å²) in [5, 5.41) is 0.878. The van der Waals surface area contributed by atoms with E-state index < -0.39 is 7.44 Å². The highest BCUT2D eigenvalue weighted by Crippen LogP contribution is 2.47. The lowest BCUT2D eigenvalue weighted by atomic mass is 10.2. The van der Waals surface area contributed by atoms with Crippen LogP contribution in [0.1, 0.15) is 5.56 Å². The molecule has 0 spiro atoms. The van der Waals surface area contributed by atoms with Crippen molar-refractivity contribution in [2.24, 2.45) is 0 Å². The zero-order valence-corrected chi connectivity index (χ0v) is 11.0. The summed E-state index contributed by atoms with van der Waals surface area (Å²) < 4.78 is 16.4. The van der Waals surface area contributed by atoms with E-state index in [-0.39, 0.29) is 0 Å². The molecule has 0 N–H and O–H groups in total. The van der Waals surface area contributed by atoms with E-state index in [2.05, 4.69) is 0 Å². The van der Waals surface area contributed by atoms with Crippen molar-refractivity contribution in [3.63, 3.8) is 0 Å². The molecule has 1 aromatic carbocycles. The van der Waals surface area contributed by atoms with E-state index in [1.807, 2.05) is 59.4 Å². The third kappa shape index (κ3) is 2.31. The van der Waals surface area contributed by atoms with Gasteiger partial charge < -0.3 is 0 Å². The van der Waals surface area contributed by atoms with Gasteiger partial charge in [-0.2, -0.15) is 0 Å². The van der Waals surface area contributed by atoms with Crippen molar-refractivity contribution in [2.45, 2.75) is 6.92 Å². The minimum atomic E-state index is -2.57. The number of aryl methyl sites for hydroxylation is 1. The van der Waals surface area contributed by atoms with Crippen molar-refractivity contribution in [2.75, 3.05) is 28.2 Å². The Kier molecular flexibility index (Phi) is 3.72. The van der Waals surface area contributed by atoms with Gasteiger partial charge in [0, 0.05) is 5.30 Å². The average Bonchev–Trinajstić information content (AvgIpc) is 2.17. The average molecular weight is 226 g/mol. The number of hydrogen-bond donors (Lipinski definition) is 0. The second-order valence-electron chi connectivity index (χ2n) is 4.07. The Morgan fingerprint density at radius 2 is 1.33 bits per heavy atom. The van der Waals surface area contributed by atoms with Crippen LogP contribution in [0, 0.1) is 6.92 Å². The summed E-state index contributed by atoms with van der Waals surface area (Å²) in [6, 6.07) is 7.87. The molecule has 0 aromatic heterocycles. The summed E-state index contributed by atoms with van der Waals surface area (Å²) in [6.45, 7) is 2.03. The molecule has 0 aliphatic rings. The lowest BCUT2D eigenvalue weighted by Crippen LogP contribution is -2.28. The summed E-state index contributed by atoms with van der Waals surface area (Å²) in [4.78, 5) is 0. The monoisotopic (exact) mass is 226 g/mol. The molecule has 0 bridgehead atoms. The van der Waals surface area contributed by atoms with E-state index >= 15 is 0 Å². The van der Waals surface area contributed by atoms with Gasteiger partial charge in [-0.3, -0.25) is 4.57 Å². The molecule has 0 saturated carbocycles. The molecule has 84 valence electrons. The van der Waals surface area contributed by atoms with Crippen LogP contribution in [0.15, 0.2) is 24.3 Å². The Labute approximate surface area is 92.2 Å². The van der Waals surface area contributed by atoms with E-state index in [4.69, 9.17) is 0 Å². The van der Waals surface area contributed by atoms with Crippen molar-refractivity contribution in [3.8, 4) is 0 Å². The standard InChI is InChI=1S/C11H19N2OP/c1-10-6-8-11(9-7-10)15(14,12(2)3)13(4)5/h6-9H,1-5H3. The summed E-state index contributed by atoms with van der Waals surface area (Å²) in [7, 11) is 4.82. The van der Waals surface area contributed by atoms with Crippen molar-refractivity contribution in [1.82, 2.24) is 9.34 Å². The SMILES string of the molecule is Cc1ccc(P(=O)(N(C)C)N(C)C)cc1. The Hall–Kier alpha value is -0.630. The first-order valence-electron chi connectivity index (χ1n) is 4.92. The third-order valence-corrected chi connectivity index (χ3v) is 5.59. The highest BCUT2D eigenvalue weighted by Gasteiger charge is 2.29. The van der Waals surface area contributed by atoms with Crippen molar-refractivity contribution < 1.29 is 4.57 Å². The highest BCUT2D eigenvalue weighted by atomic mass is 31.2. The molecule has 0 fully saturated rings. The molecule has 0 radical (unpaired) electrons. The zero-order valence-electron chi connectivity index (χ0n) is 10.1. The maximum Gasteiger partial charge on any atom is 0.244 e. The van der Waals surface area contributed by atoms with Gasteiger partial charge in [-0.1, -0.05) is 17.7 Å². The number of nitrogens with zero attached hydrogens (tertiary/aromatic N) is 2. The van der Waals surface area contributed by atoms with Crippen LogP contribution in [0.2, 0.25) is 0 Å². The zero-order chi connectivity index (χ0) is 11.6. The molecule has 15 heavy (non-hydrogen) atoms. The van der Waals surface area contributed by atoms with Crippen molar-refractivity contribution in [1.29, 1.82) is 0 Å². The van der Waals surface area contributed by atoms with Crippen LogP contribution in [0.25, 0.3) is 0 Å². The number of rotatable bonds is 3. The number of hydrogen-bond acceptors (Lipinski definition) is 1. The first-order chi connectivity index (χ1) is 6.89. The van der Waals surface area contributed by atoms with Crippen molar-refractivity contribution in [3.05, 3.63) is 29.8 Å². The van der Waals surface area contributed by atoms with Gasteiger partial charge in [0.1, 0.15) is 0 Å². The molecule has 1 rings (SSSR count). The minimum Gasteiger partial charge on any atom is -0.284 e. The maximum atomic E-state index is 12.8. The van der Waals surface area contributed by atoms with Crippen LogP contribution >= 0.6 is 7.44 Å². The van der Waals surface area contributed by atoms with Crippen LogP contribution in [-0.4, -0.2) is 37.5 Å². The molecular formula is C11H19N2OP. The molecule has 0 amide bonds. The molecule has 0 heterocycles. The lowest BCUT2D eigenvalue weighted by Gasteiger charge is -2.30. The first kappa shape index (κ1) is 12.4. The normalized spacial score (nSPS) is 12.5. The molecule has 0 aliphatic heterocycles. The Balaban J connectivity index is 3.22. The molecule has 0 unspecified atom stereocenters. The fraction of sp³-hybridized carbons (Fsp3) is 0.455. The van der Waals surface area contributed by atoms with Gasteiger partial charge >= 0.3 is 0 Å². The Morgan fingerprint density at radius 1 is 0.933 bits per heavy atom. The largest absolute Gasteiger partial charge is 0.284 e. The highest BCUT2D eigenvalue weighted by molar-refractivity contribution is 7.66. The van der Waals surface area contributed by atoms with Crippen LogP contribution in [0.4, 0.5) is 0 Å². The van der Waals surface area contributed by atoms with E-state index in [1.54, 1.807) is 9.34 Å². The Bertz CT molecular complexity index is 359.